The topological polar surface area (TPSA) is 459 Å². The standard InChI is InChI=1S/C36H28N8O19S6/c1-2-64(48,49)28-16-25(27(66(52,53)54)17-29(28)67(55,56)57)41-42-34-30(68(58,59)60)13-18-14-31(69(61,62)63)35(36(47)32(18)33(34)37)43-39-20-7-10-23(11-8-20)65(50,51)44-21-5-3-19(4-6-21)38-40-24-12-9-22(45)15-26(24)46/h2-17,44-47H,1,37H2,(H,52,53,54)(H,55,56,57)(H,58,59,60)(H,61,62,63). The highest BCUT2D eigenvalue weighted by molar-refractivity contribution is 7.95. The molecule has 362 valence electrons. The molecule has 0 spiro atoms. The first-order chi connectivity index (χ1) is 31.8. The van der Waals surface area contributed by atoms with Crippen molar-refractivity contribution in [2.75, 3.05) is 10.5 Å². The van der Waals surface area contributed by atoms with E-state index >= 15 is 0 Å². The molecule has 0 unspecified atom stereocenters. The predicted molar refractivity (Wildman–Crippen MR) is 239 cm³/mol. The minimum Gasteiger partial charge on any atom is -0.508 e. The number of nitrogens with two attached hydrogens (primary N) is 1. The van der Waals surface area contributed by atoms with Crippen LogP contribution < -0.4 is 10.5 Å². The zero-order valence-electron chi connectivity index (χ0n) is 33.7. The molecule has 0 aliphatic carbocycles. The van der Waals surface area contributed by atoms with Crippen molar-refractivity contribution in [1.29, 1.82) is 0 Å². The normalized spacial score (nSPS) is 13.2. The van der Waals surface area contributed by atoms with E-state index in [4.69, 9.17) is 5.73 Å². The number of azo groups is 3. The molecule has 0 heterocycles. The van der Waals surface area contributed by atoms with Gasteiger partial charge in [0.1, 0.15) is 53.8 Å². The van der Waals surface area contributed by atoms with Gasteiger partial charge >= 0.3 is 0 Å². The molecular weight excluding hydrogens is 1040 g/mol. The van der Waals surface area contributed by atoms with Gasteiger partial charge in [0.2, 0.25) is 9.84 Å². The van der Waals surface area contributed by atoms with E-state index in [0.717, 1.165) is 30.3 Å². The van der Waals surface area contributed by atoms with Crippen LogP contribution in [0.2, 0.25) is 0 Å². The van der Waals surface area contributed by atoms with Gasteiger partial charge in [-0.2, -0.15) is 43.9 Å². The van der Waals surface area contributed by atoms with E-state index in [1.807, 2.05) is 0 Å². The summed E-state index contributed by atoms with van der Waals surface area (Å²) in [6.07, 6.45) is 0. The first-order valence-electron chi connectivity index (χ1n) is 17.9. The lowest BCUT2D eigenvalue weighted by Gasteiger charge is -2.14. The smallest absolute Gasteiger partial charge is 0.296 e. The van der Waals surface area contributed by atoms with E-state index in [0.29, 0.717) is 12.1 Å². The molecule has 33 heteroatoms. The van der Waals surface area contributed by atoms with Crippen LogP contribution in [0.15, 0.2) is 163 Å². The largest absolute Gasteiger partial charge is 0.508 e. The van der Waals surface area contributed by atoms with Crippen LogP contribution in [0, 0.1) is 0 Å². The first-order valence-corrected chi connectivity index (χ1v) is 26.7. The molecule has 0 bridgehead atoms. The number of fused-ring (bicyclic) bond motifs is 1. The Kier molecular flexibility index (Phi) is 13.5. The monoisotopic (exact) mass is 1070 g/mol. The molecular formula is C36H28N8O19S6. The van der Waals surface area contributed by atoms with Crippen molar-refractivity contribution >= 4 is 117 Å². The molecule has 0 radical (unpaired) electrons. The predicted octanol–water partition coefficient (Wildman–Crippen LogP) is 6.49. The van der Waals surface area contributed by atoms with E-state index in [2.05, 4.69) is 42.0 Å². The number of hydrogen-bond donors (Lipinski definition) is 9. The van der Waals surface area contributed by atoms with Gasteiger partial charge in [0.05, 0.1) is 32.2 Å². The Morgan fingerprint density at radius 3 is 1.52 bits per heavy atom. The van der Waals surface area contributed by atoms with Crippen LogP contribution in [0.1, 0.15) is 0 Å². The number of phenols is 3. The summed E-state index contributed by atoms with van der Waals surface area (Å²) in [7, 11) is -31.4. The third-order valence-electron chi connectivity index (χ3n) is 9.00. The average molecular weight is 1070 g/mol. The lowest BCUT2D eigenvalue weighted by Crippen LogP contribution is -2.12. The van der Waals surface area contributed by atoms with Gasteiger partial charge in [0, 0.05) is 17.2 Å². The average Bonchev–Trinajstić information content (AvgIpc) is 3.24. The van der Waals surface area contributed by atoms with E-state index < -0.39 is 124 Å². The van der Waals surface area contributed by atoms with Gasteiger partial charge in [-0.05, 0) is 90.3 Å². The third-order valence-corrected chi connectivity index (χ3v) is 15.4. The maximum absolute atomic E-state index is 13.2. The molecule has 0 amide bonds. The summed E-state index contributed by atoms with van der Waals surface area (Å²) in [5, 5.41) is 51.5. The van der Waals surface area contributed by atoms with Crippen molar-refractivity contribution in [3.05, 3.63) is 103 Å². The van der Waals surface area contributed by atoms with E-state index in [9.17, 15) is 84.0 Å². The van der Waals surface area contributed by atoms with Gasteiger partial charge in [0.15, 0.2) is 5.75 Å². The zero-order chi connectivity index (χ0) is 51.2. The van der Waals surface area contributed by atoms with Crippen molar-refractivity contribution in [3.8, 4) is 17.2 Å². The minimum atomic E-state index is -5.61. The first kappa shape index (κ1) is 51.1. The summed E-state index contributed by atoms with van der Waals surface area (Å²) in [6.45, 7) is 2.99. The van der Waals surface area contributed by atoms with Crippen molar-refractivity contribution in [2.24, 2.45) is 30.7 Å². The Bertz CT molecular complexity index is 3940. The third kappa shape index (κ3) is 11.2. The summed E-state index contributed by atoms with van der Waals surface area (Å²) >= 11 is 0. The minimum absolute atomic E-state index is 0.0426. The SMILES string of the molecule is C=CS(=O)(=O)c1cc(N=Nc2c(S(=O)(=O)O)cc3cc(S(=O)(=O)O)c(N=Nc4ccc(S(=O)(=O)Nc5ccc(N=Nc6ccc(O)cc6O)cc5)cc4)c(O)c3c2N)c(S(=O)(=O)O)cc1S(=O)(=O)O. The quantitative estimate of drug-likeness (QED) is 0.0301. The lowest BCUT2D eigenvalue weighted by molar-refractivity contribution is 0.451. The number of sulfone groups is 1. The molecule has 69 heavy (non-hydrogen) atoms. The van der Waals surface area contributed by atoms with Crippen LogP contribution in [0.5, 0.6) is 17.2 Å². The fourth-order valence-electron chi connectivity index (χ4n) is 5.86. The van der Waals surface area contributed by atoms with Gasteiger partial charge in [-0.25, -0.2) is 16.8 Å². The fourth-order valence-corrected chi connectivity index (χ4v) is 11.0. The van der Waals surface area contributed by atoms with Crippen LogP contribution in [0.3, 0.4) is 0 Å². The number of anilines is 2. The number of benzene rings is 6. The van der Waals surface area contributed by atoms with Crippen molar-refractivity contribution in [2.45, 2.75) is 29.4 Å². The zero-order valence-corrected chi connectivity index (χ0v) is 38.6. The summed E-state index contributed by atoms with van der Waals surface area (Å²) in [6, 6.07) is 14.4. The van der Waals surface area contributed by atoms with Gasteiger partial charge in [0.25, 0.3) is 50.5 Å². The second kappa shape index (κ2) is 18.3. The number of aromatic hydroxyl groups is 3. The highest BCUT2D eigenvalue weighted by atomic mass is 32.2. The number of hydrogen-bond acceptors (Lipinski definition) is 22. The Morgan fingerprint density at radius 1 is 0.507 bits per heavy atom. The summed E-state index contributed by atoms with van der Waals surface area (Å²) < 4.78 is 193. The molecule has 0 saturated heterocycles. The van der Waals surface area contributed by atoms with Gasteiger partial charge in [-0.15, -0.1) is 20.5 Å². The molecule has 27 nitrogen and oxygen atoms in total. The van der Waals surface area contributed by atoms with Gasteiger partial charge < -0.3 is 21.1 Å². The second-order valence-corrected chi connectivity index (χ2v) is 22.7. The molecule has 0 aliphatic heterocycles. The van der Waals surface area contributed by atoms with Crippen molar-refractivity contribution in [1.82, 2.24) is 0 Å². The van der Waals surface area contributed by atoms with Crippen LogP contribution in [-0.4, -0.2) is 84.0 Å². The lowest BCUT2D eigenvalue weighted by atomic mass is 10.1. The molecule has 0 fully saturated rings. The Hall–Kier alpha value is -7.34. The molecule has 0 atom stereocenters. The van der Waals surface area contributed by atoms with Crippen LogP contribution in [0.25, 0.3) is 10.8 Å². The molecule has 6 aromatic carbocycles. The maximum atomic E-state index is 13.2. The van der Waals surface area contributed by atoms with Crippen LogP contribution >= 0.6 is 0 Å². The number of nitrogens with one attached hydrogen (secondary N) is 1. The second-order valence-electron chi connectivity index (χ2n) is 13.6. The molecule has 6 aromatic rings. The van der Waals surface area contributed by atoms with Crippen molar-refractivity contribution in [3.63, 3.8) is 0 Å². The van der Waals surface area contributed by atoms with E-state index in [-0.39, 0.29) is 56.7 Å². The highest BCUT2D eigenvalue weighted by Gasteiger charge is 2.31. The molecule has 0 aliphatic rings. The number of rotatable bonds is 15. The summed E-state index contributed by atoms with van der Waals surface area (Å²) in [5.74, 6) is -1.82. The Morgan fingerprint density at radius 2 is 1.00 bits per heavy atom. The Labute approximate surface area is 389 Å². The van der Waals surface area contributed by atoms with Gasteiger partial charge in [-0.1, -0.05) is 6.58 Å². The number of sulfonamides is 1. The molecule has 6 rings (SSSR count). The fraction of sp³-hybridized carbons (Fsp3) is 0. The van der Waals surface area contributed by atoms with E-state index in [1.54, 1.807) is 0 Å². The molecule has 0 aromatic heterocycles. The Balaban J connectivity index is 1.39. The number of nitrogen functional groups attached to an aromatic ring is 1. The maximum Gasteiger partial charge on any atom is 0.296 e. The summed E-state index contributed by atoms with van der Waals surface area (Å²) in [4.78, 5) is -7.44. The molecule has 10 N–H and O–H groups in total. The number of nitrogens with zero attached hydrogens (tertiary/aromatic N) is 6. The summed E-state index contributed by atoms with van der Waals surface area (Å²) in [5.41, 5.74) is 1.75. The number of phenolic OH excluding ortho intramolecular Hbond substituents is 3. The van der Waals surface area contributed by atoms with Crippen molar-refractivity contribution < 1.29 is 84.0 Å². The highest BCUT2D eigenvalue weighted by Crippen LogP contribution is 2.49. The van der Waals surface area contributed by atoms with E-state index in [1.165, 1.54) is 36.4 Å². The van der Waals surface area contributed by atoms with Gasteiger partial charge in [-0.3, -0.25) is 22.9 Å². The van der Waals surface area contributed by atoms with Crippen LogP contribution in [-0.2, 0) is 60.3 Å². The molecule has 0 saturated carbocycles. The van der Waals surface area contributed by atoms with Crippen LogP contribution in [0.4, 0.5) is 45.5 Å².